The van der Waals surface area contributed by atoms with Gasteiger partial charge in [-0.15, -0.1) is 0 Å². The van der Waals surface area contributed by atoms with E-state index in [2.05, 4.69) is 9.97 Å². The van der Waals surface area contributed by atoms with Gasteiger partial charge in [0.25, 0.3) is 0 Å². The summed E-state index contributed by atoms with van der Waals surface area (Å²) in [6.07, 6.45) is 0. The number of phenols is 5. The van der Waals surface area contributed by atoms with E-state index in [1.165, 1.54) is 0 Å². The first-order valence-corrected chi connectivity index (χ1v) is 10.1. The zero-order valence-electron chi connectivity index (χ0n) is 17.3. The molecular formula is C24H21ClN2O5. The molecular weight excluding hydrogens is 432 g/mol. The van der Waals surface area contributed by atoms with Crippen molar-refractivity contribution in [2.24, 2.45) is 0 Å². The van der Waals surface area contributed by atoms with E-state index in [1.54, 1.807) is 30.3 Å². The summed E-state index contributed by atoms with van der Waals surface area (Å²) in [7, 11) is 0. The number of nitrogens with zero attached hydrogens (tertiary/aromatic N) is 2. The number of hydrogen-bond acceptors (Lipinski definition) is 7. The monoisotopic (exact) mass is 452 g/mol. The smallest absolute Gasteiger partial charge is 0.208 e. The van der Waals surface area contributed by atoms with E-state index in [4.69, 9.17) is 11.6 Å². The number of phenolic OH excluding ortho intramolecular Hbond substituents is 5. The molecule has 0 aliphatic carbocycles. The van der Waals surface area contributed by atoms with Crippen molar-refractivity contribution in [3.05, 3.63) is 65.8 Å². The molecule has 32 heavy (non-hydrogen) atoms. The molecule has 7 nitrogen and oxygen atoms in total. The van der Waals surface area contributed by atoms with E-state index in [0.717, 1.165) is 5.56 Å². The molecule has 0 saturated heterocycles. The fourth-order valence-electron chi connectivity index (χ4n) is 3.05. The summed E-state index contributed by atoms with van der Waals surface area (Å²) >= 11 is 6.17. The van der Waals surface area contributed by atoms with Gasteiger partial charge in [0.15, 0.2) is 17.3 Å². The Bertz CT molecular complexity index is 1220. The van der Waals surface area contributed by atoms with Gasteiger partial charge in [-0.05, 0) is 5.56 Å². The average molecular weight is 453 g/mol. The maximum atomic E-state index is 10.1. The summed E-state index contributed by atoms with van der Waals surface area (Å²) < 4.78 is 0. The lowest BCUT2D eigenvalue weighted by atomic mass is 9.99. The molecule has 0 unspecified atom stereocenters. The minimum atomic E-state index is -1.01. The van der Waals surface area contributed by atoms with Gasteiger partial charge in [-0.1, -0.05) is 80.0 Å². The first kappa shape index (κ1) is 22.7. The predicted octanol–water partition coefficient (Wildman–Crippen LogP) is 5.69. The zero-order valence-corrected chi connectivity index (χ0v) is 18.0. The largest absolute Gasteiger partial charge is 0.504 e. The fraction of sp³-hybridized carbons (Fsp3) is 0.0833. The van der Waals surface area contributed by atoms with E-state index in [0.29, 0.717) is 22.6 Å². The Morgan fingerprint density at radius 1 is 0.594 bits per heavy atom. The van der Waals surface area contributed by atoms with Gasteiger partial charge in [-0.2, -0.15) is 0 Å². The van der Waals surface area contributed by atoms with Crippen LogP contribution in [-0.2, 0) is 0 Å². The third kappa shape index (κ3) is 4.24. The Labute approximate surface area is 189 Å². The van der Waals surface area contributed by atoms with Crippen LogP contribution in [0.5, 0.6) is 28.7 Å². The number of halogens is 1. The Kier molecular flexibility index (Phi) is 6.70. The molecule has 8 heteroatoms. The molecule has 0 radical (unpaired) electrons. The molecule has 1 heterocycles. The minimum absolute atomic E-state index is 0.222. The molecule has 1 aromatic heterocycles. The van der Waals surface area contributed by atoms with Gasteiger partial charge in [-0.3, -0.25) is 0 Å². The van der Waals surface area contributed by atoms with Crippen LogP contribution in [0.1, 0.15) is 13.8 Å². The summed E-state index contributed by atoms with van der Waals surface area (Å²) in [5, 5.41) is 49.5. The Hall–Kier alpha value is -3.97. The quantitative estimate of drug-likeness (QED) is 0.153. The van der Waals surface area contributed by atoms with Gasteiger partial charge in [-0.25, -0.2) is 9.97 Å². The standard InChI is InChI=1S/C22H15ClN2O5.C2H6/c23-15-10-14(24-22(25-15)13-4-2-1-3-5-13)11-6-8-12(9-7-11)16-17(26)19(28)21(30)20(29)18(16)27;1-2/h1-10,26-30H;1-2H3. The number of rotatable bonds is 3. The van der Waals surface area contributed by atoms with E-state index in [-0.39, 0.29) is 10.7 Å². The van der Waals surface area contributed by atoms with E-state index < -0.39 is 28.7 Å². The van der Waals surface area contributed by atoms with Gasteiger partial charge >= 0.3 is 0 Å². The van der Waals surface area contributed by atoms with Crippen molar-refractivity contribution < 1.29 is 25.5 Å². The highest BCUT2D eigenvalue weighted by Gasteiger charge is 2.24. The topological polar surface area (TPSA) is 127 Å². The maximum absolute atomic E-state index is 10.1. The minimum Gasteiger partial charge on any atom is -0.504 e. The third-order valence-electron chi connectivity index (χ3n) is 4.57. The number of aromatic hydroxyl groups is 5. The SMILES string of the molecule is CC.Oc1c(O)c(O)c(-c2ccc(-c3cc(Cl)nc(-c4ccccc4)n3)cc2)c(O)c1O. The second-order valence-corrected chi connectivity index (χ2v) is 6.85. The predicted molar refractivity (Wildman–Crippen MR) is 123 cm³/mol. The second kappa shape index (κ2) is 9.45. The maximum Gasteiger partial charge on any atom is 0.208 e. The van der Waals surface area contributed by atoms with Gasteiger partial charge in [0.05, 0.1) is 11.3 Å². The van der Waals surface area contributed by atoms with Crippen LogP contribution >= 0.6 is 11.6 Å². The third-order valence-corrected chi connectivity index (χ3v) is 4.76. The van der Waals surface area contributed by atoms with Gasteiger partial charge in [0.2, 0.25) is 17.2 Å². The fourth-order valence-corrected chi connectivity index (χ4v) is 3.23. The average Bonchev–Trinajstić information content (AvgIpc) is 2.83. The van der Waals surface area contributed by atoms with Crippen LogP contribution in [0.4, 0.5) is 0 Å². The van der Waals surface area contributed by atoms with E-state index in [9.17, 15) is 25.5 Å². The number of aromatic nitrogens is 2. The van der Waals surface area contributed by atoms with Crippen molar-refractivity contribution in [1.29, 1.82) is 0 Å². The Balaban J connectivity index is 0.00000141. The molecule has 4 aromatic rings. The van der Waals surface area contributed by atoms with Crippen molar-refractivity contribution in [3.8, 4) is 62.5 Å². The van der Waals surface area contributed by atoms with Crippen LogP contribution < -0.4 is 0 Å². The van der Waals surface area contributed by atoms with Crippen LogP contribution in [0.2, 0.25) is 5.15 Å². The summed E-state index contributed by atoms with van der Waals surface area (Å²) in [5.74, 6) is -3.92. The first-order chi connectivity index (χ1) is 15.4. The van der Waals surface area contributed by atoms with Gasteiger partial charge < -0.3 is 25.5 Å². The molecule has 4 rings (SSSR count). The summed E-state index contributed by atoms with van der Waals surface area (Å²) in [6.45, 7) is 4.00. The van der Waals surface area contributed by atoms with Crippen LogP contribution in [0.15, 0.2) is 60.7 Å². The second-order valence-electron chi connectivity index (χ2n) is 6.46. The molecule has 0 fully saturated rings. The Morgan fingerprint density at radius 2 is 1.09 bits per heavy atom. The highest BCUT2D eigenvalue weighted by molar-refractivity contribution is 6.29. The molecule has 164 valence electrons. The van der Waals surface area contributed by atoms with Gasteiger partial charge in [0, 0.05) is 17.2 Å². The van der Waals surface area contributed by atoms with Crippen LogP contribution in [0, 0.1) is 0 Å². The Morgan fingerprint density at radius 3 is 1.66 bits per heavy atom. The first-order valence-electron chi connectivity index (χ1n) is 9.76. The summed E-state index contributed by atoms with van der Waals surface area (Å²) in [4.78, 5) is 8.80. The van der Waals surface area contributed by atoms with Crippen LogP contribution in [-0.4, -0.2) is 35.5 Å². The molecule has 0 atom stereocenters. The normalized spacial score (nSPS) is 10.3. The highest BCUT2D eigenvalue weighted by Crippen LogP contribution is 2.54. The lowest BCUT2D eigenvalue weighted by Crippen LogP contribution is -1.93. The zero-order chi connectivity index (χ0) is 23.4. The molecule has 0 aliphatic rings. The molecule has 3 aromatic carbocycles. The van der Waals surface area contributed by atoms with Crippen molar-refractivity contribution in [1.82, 2.24) is 9.97 Å². The van der Waals surface area contributed by atoms with E-state index >= 15 is 0 Å². The lowest BCUT2D eigenvalue weighted by Gasteiger charge is -2.13. The van der Waals surface area contributed by atoms with Crippen LogP contribution in [0.3, 0.4) is 0 Å². The molecule has 0 bridgehead atoms. The van der Waals surface area contributed by atoms with E-state index in [1.807, 2.05) is 44.2 Å². The van der Waals surface area contributed by atoms with Gasteiger partial charge in [0.1, 0.15) is 5.15 Å². The molecule has 5 N–H and O–H groups in total. The highest BCUT2D eigenvalue weighted by atomic mass is 35.5. The van der Waals surface area contributed by atoms with Crippen LogP contribution in [0.25, 0.3) is 33.8 Å². The van der Waals surface area contributed by atoms with Crippen molar-refractivity contribution >= 4 is 11.6 Å². The summed E-state index contributed by atoms with van der Waals surface area (Å²) in [5.41, 5.74) is 2.13. The lowest BCUT2D eigenvalue weighted by molar-refractivity contribution is 0.330. The molecule has 0 aliphatic heterocycles. The molecule has 0 amide bonds. The molecule has 0 saturated carbocycles. The van der Waals surface area contributed by atoms with Crippen molar-refractivity contribution in [2.75, 3.05) is 0 Å². The van der Waals surface area contributed by atoms with Crippen molar-refractivity contribution in [3.63, 3.8) is 0 Å². The van der Waals surface area contributed by atoms with Crippen molar-refractivity contribution in [2.45, 2.75) is 13.8 Å². The number of benzene rings is 3. The summed E-state index contributed by atoms with van der Waals surface area (Å²) in [6, 6.07) is 17.4. The number of hydrogen-bond donors (Lipinski definition) is 5. The molecule has 0 spiro atoms.